The highest BCUT2D eigenvalue weighted by Crippen LogP contribution is 2.24. The molecule has 0 aliphatic heterocycles. The third kappa shape index (κ3) is 2.76. The van der Waals surface area contributed by atoms with Crippen molar-refractivity contribution in [2.24, 2.45) is 0 Å². The molecule has 0 fully saturated rings. The first-order valence-electron chi connectivity index (χ1n) is 5.14. The highest BCUT2D eigenvalue weighted by molar-refractivity contribution is 9.10. The Morgan fingerprint density at radius 1 is 1.18 bits per heavy atom. The van der Waals surface area contributed by atoms with Crippen LogP contribution in [0.25, 0.3) is 0 Å². The average Bonchev–Trinajstić information content (AvgIpc) is 2.28. The molecule has 0 saturated carbocycles. The van der Waals surface area contributed by atoms with E-state index >= 15 is 0 Å². The zero-order valence-electron chi connectivity index (χ0n) is 9.21. The van der Waals surface area contributed by atoms with Gasteiger partial charge >= 0.3 is 0 Å². The second-order valence-electron chi connectivity index (χ2n) is 3.82. The molecule has 17 heavy (non-hydrogen) atoms. The minimum Gasteiger partial charge on any atom is -0.289 e. The van der Waals surface area contributed by atoms with E-state index in [1.165, 1.54) is 0 Å². The van der Waals surface area contributed by atoms with Gasteiger partial charge in [0.15, 0.2) is 5.78 Å². The molecule has 86 valence electrons. The Hall–Kier alpha value is -1.12. The van der Waals surface area contributed by atoms with E-state index in [1.54, 1.807) is 18.2 Å². The lowest BCUT2D eigenvalue weighted by molar-refractivity contribution is 0.103. The largest absolute Gasteiger partial charge is 0.289 e. The van der Waals surface area contributed by atoms with Crippen LogP contribution >= 0.6 is 27.5 Å². The summed E-state index contributed by atoms with van der Waals surface area (Å²) in [4.78, 5) is 12.3. The minimum absolute atomic E-state index is 0.00255. The molecular formula is C14H10BrClO. The number of ketones is 1. The van der Waals surface area contributed by atoms with E-state index in [1.807, 2.05) is 31.2 Å². The van der Waals surface area contributed by atoms with Crippen LogP contribution < -0.4 is 0 Å². The number of aryl methyl sites for hydroxylation is 1. The van der Waals surface area contributed by atoms with Gasteiger partial charge in [0.05, 0.1) is 0 Å². The van der Waals surface area contributed by atoms with Crippen LogP contribution in [-0.2, 0) is 0 Å². The molecule has 3 heteroatoms. The molecule has 0 spiro atoms. The maximum atomic E-state index is 12.3. The Kier molecular flexibility index (Phi) is 3.65. The Morgan fingerprint density at radius 2 is 1.94 bits per heavy atom. The van der Waals surface area contributed by atoms with E-state index in [9.17, 15) is 4.79 Å². The lowest BCUT2D eigenvalue weighted by atomic mass is 10.0. The molecule has 0 atom stereocenters. The minimum atomic E-state index is -0.00255. The summed E-state index contributed by atoms with van der Waals surface area (Å²) in [6.45, 7) is 1.97. The maximum Gasteiger partial charge on any atom is 0.194 e. The van der Waals surface area contributed by atoms with Gasteiger partial charge in [0.2, 0.25) is 0 Å². The second-order valence-corrected chi connectivity index (χ2v) is 5.11. The first-order chi connectivity index (χ1) is 8.08. The monoisotopic (exact) mass is 308 g/mol. The maximum absolute atomic E-state index is 12.3. The second kappa shape index (κ2) is 5.03. The van der Waals surface area contributed by atoms with Crippen LogP contribution in [0.5, 0.6) is 0 Å². The number of benzene rings is 2. The van der Waals surface area contributed by atoms with Crippen molar-refractivity contribution in [3.63, 3.8) is 0 Å². The Bertz CT molecular complexity index is 578. The molecular weight excluding hydrogens is 300 g/mol. The summed E-state index contributed by atoms with van der Waals surface area (Å²) in [6.07, 6.45) is 0. The van der Waals surface area contributed by atoms with E-state index < -0.39 is 0 Å². The number of carbonyl (C=O) groups excluding carboxylic acids is 1. The normalized spacial score (nSPS) is 10.3. The van der Waals surface area contributed by atoms with Crippen molar-refractivity contribution in [2.45, 2.75) is 6.92 Å². The predicted octanol–water partition coefficient (Wildman–Crippen LogP) is 4.64. The molecule has 0 aliphatic carbocycles. The van der Waals surface area contributed by atoms with Gasteiger partial charge in [-0.05, 0) is 47.1 Å². The van der Waals surface area contributed by atoms with E-state index in [0.717, 1.165) is 10.0 Å². The van der Waals surface area contributed by atoms with Gasteiger partial charge < -0.3 is 0 Å². The number of hydrogen-bond acceptors (Lipinski definition) is 1. The molecule has 0 N–H and O–H groups in total. The molecule has 0 heterocycles. The molecule has 0 saturated heterocycles. The predicted molar refractivity (Wildman–Crippen MR) is 73.8 cm³/mol. The van der Waals surface area contributed by atoms with Gasteiger partial charge in [-0.3, -0.25) is 4.79 Å². The Labute approximate surface area is 114 Å². The van der Waals surface area contributed by atoms with Gasteiger partial charge in [-0.2, -0.15) is 0 Å². The molecule has 0 bridgehead atoms. The fourth-order valence-corrected chi connectivity index (χ4v) is 2.48. The van der Waals surface area contributed by atoms with Crippen molar-refractivity contribution >= 4 is 33.3 Å². The van der Waals surface area contributed by atoms with E-state index in [4.69, 9.17) is 11.6 Å². The lowest BCUT2D eigenvalue weighted by Crippen LogP contribution is -2.02. The van der Waals surface area contributed by atoms with Crippen LogP contribution in [0.4, 0.5) is 0 Å². The highest BCUT2D eigenvalue weighted by Gasteiger charge is 2.12. The van der Waals surface area contributed by atoms with Crippen molar-refractivity contribution in [2.75, 3.05) is 0 Å². The summed E-state index contributed by atoms with van der Waals surface area (Å²) in [7, 11) is 0. The molecule has 0 radical (unpaired) electrons. The van der Waals surface area contributed by atoms with Gasteiger partial charge in [-0.15, -0.1) is 0 Å². The van der Waals surface area contributed by atoms with Crippen LogP contribution in [-0.4, -0.2) is 5.78 Å². The summed E-state index contributed by atoms with van der Waals surface area (Å²) < 4.78 is 0.719. The van der Waals surface area contributed by atoms with Crippen molar-refractivity contribution in [1.82, 2.24) is 0 Å². The van der Waals surface area contributed by atoms with Gasteiger partial charge in [0.1, 0.15) is 0 Å². The molecule has 2 rings (SSSR count). The van der Waals surface area contributed by atoms with Crippen molar-refractivity contribution in [1.29, 1.82) is 0 Å². The van der Waals surface area contributed by atoms with Gasteiger partial charge in [0.25, 0.3) is 0 Å². The van der Waals surface area contributed by atoms with Crippen LogP contribution in [0.2, 0.25) is 5.02 Å². The van der Waals surface area contributed by atoms with Crippen molar-refractivity contribution in [3.05, 3.63) is 68.7 Å². The molecule has 0 unspecified atom stereocenters. The summed E-state index contributed by atoms with van der Waals surface area (Å²) in [5, 5.41) is 0.609. The standard InChI is InChI=1S/C14H10BrClO/c1-9-3-2-4-10(7-9)14(17)12-6-5-11(16)8-13(12)15/h2-8H,1H3. The van der Waals surface area contributed by atoms with Crippen molar-refractivity contribution < 1.29 is 4.79 Å². The summed E-state index contributed by atoms with van der Waals surface area (Å²) in [6, 6.07) is 12.7. The van der Waals surface area contributed by atoms with Crippen LogP contribution in [0.3, 0.4) is 0 Å². The van der Waals surface area contributed by atoms with E-state index in [0.29, 0.717) is 16.1 Å². The number of hydrogen-bond donors (Lipinski definition) is 0. The fraction of sp³-hybridized carbons (Fsp3) is 0.0714. The molecule has 0 amide bonds. The molecule has 2 aromatic rings. The smallest absolute Gasteiger partial charge is 0.194 e. The van der Waals surface area contributed by atoms with E-state index in [-0.39, 0.29) is 5.78 Å². The number of rotatable bonds is 2. The fourth-order valence-electron chi connectivity index (χ4n) is 1.62. The van der Waals surface area contributed by atoms with E-state index in [2.05, 4.69) is 15.9 Å². The van der Waals surface area contributed by atoms with Crippen LogP contribution in [0.1, 0.15) is 21.5 Å². The van der Waals surface area contributed by atoms with Crippen molar-refractivity contribution in [3.8, 4) is 0 Å². The number of halogens is 2. The first-order valence-corrected chi connectivity index (χ1v) is 6.31. The third-order valence-corrected chi connectivity index (χ3v) is 3.35. The molecule has 0 aliphatic rings. The molecule has 1 nitrogen and oxygen atoms in total. The Morgan fingerprint density at radius 3 is 2.59 bits per heavy atom. The topological polar surface area (TPSA) is 17.1 Å². The summed E-state index contributed by atoms with van der Waals surface area (Å²) in [5.74, 6) is -0.00255. The first kappa shape index (κ1) is 12.3. The van der Waals surface area contributed by atoms with Gasteiger partial charge in [0, 0.05) is 20.6 Å². The lowest BCUT2D eigenvalue weighted by Gasteiger charge is -2.05. The zero-order valence-corrected chi connectivity index (χ0v) is 11.5. The SMILES string of the molecule is Cc1cccc(C(=O)c2ccc(Cl)cc2Br)c1. The zero-order chi connectivity index (χ0) is 12.4. The summed E-state index contributed by atoms with van der Waals surface area (Å²) >= 11 is 9.21. The van der Waals surface area contributed by atoms with Crippen LogP contribution in [0, 0.1) is 6.92 Å². The molecule has 2 aromatic carbocycles. The number of carbonyl (C=O) groups is 1. The van der Waals surface area contributed by atoms with Gasteiger partial charge in [-0.25, -0.2) is 0 Å². The van der Waals surface area contributed by atoms with Crippen LogP contribution in [0.15, 0.2) is 46.9 Å². The molecule has 0 aromatic heterocycles. The Balaban J connectivity index is 2.44. The third-order valence-electron chi connectivity index (χ3n) is 2.46. The highest BCUT2D eigenvalue weighted by atomic mass is 79.9. The average molecular weight is 310 g/mol. The quantitative estimate of drug-likeness (QED) is 0.738. The van der Waals surface area contributed by atoms with Gasteiger partial charge in [-0.1, -0.05) is 35.4 Å². The summed E-state index contributed by atoms with van der Waals surface area (Å²) in [5.41, 5.74) is 2.38.